The number of anilines is 2. The molecule has 31 heavy (non-hydrogen) atoms. The Hall–Kier alpha value is -2.29. The molecule has 1 fully saturated rings. The molecule has 3 N–H and O–H groups in total. The minimum atomic E-state index is -3.33. The molecule has 1 unspecified atom stereocenters. The van der Waals surface area contributed by atoms with Gasteiger partial charge >= 0.3 is 0 Å². The third kappa shape index (κ3) is 7.72. The molecule has 0 aliphatic carbocycles. The van der Waals surface area contributed by atoms with Crippen LogP contribution in [0.1, 0.15) is 29.6 Å². The Morgan fingerprint density at radius 1 is 1.19 bits per heavy atom. The summed E-state index contributed by atoms with van der Waals surface area (Å²) in [4.78, 5) is 14.6. The van der Waals surface area contributed by atoms with Crippen molar-refractivity contribution in [3.8, 4) is 0 Å². The second kappa shape index (κ2) is 10.8. The van der Waals surface area contributed by atoms with E-state index in [-0.39, 0.29) is 5.91 Å². The van der Waals surface area contributed by atoms with Gasteiger partial charge in [0.2, 0.25) is 10.0 Å². The van der Waals surface area contributed by atoms with Gasteiger partial charge < -0.3 is 15.5 Å². The Morgan fingerprint density at radius 2 is 1.97 bits per heavy atom. The predicted molar refractivity (Wildman–Crippen MR) is 127 cm³/mol. The van der Waals surface area contributed by atoms with Gasteiger partial charge in [0.15, 0.2) is 0 Å². The van der Waals surface area contributed by atoms with Crippen molar-refractivity contribution >= 4 is 38.9 Å². The van der Waals surface area contributed by atoms with E-state index in [0.717, 1.165) is 55.9 Å². The van der Waals surface area contributed by atoms with Crippen LogP contribution in [0.2, 0.25) is 5.02 Å². The largest absolute Gasteiger partial charge is 0.369 e. The third-order valence-electron chi connectivity index (χ3n) is 5.14. The molecule has 0 radical (unpaired) electrons. The molecule has 9 heteroatoms. The first kappa shape index (κ1) is 23.4. The molecule has 168 valence electrons. The maximum Gasteiger partial charge on any atom is 0.251 e. The number of unbranched alkanes of at least 4 members (excludes halogenated alkanes) is 1. The summed E-state index contributed by atoms with van der Waals surface area (Å²) >= 11 is 6.12. The van der Waals surface area contributed by atoms with Gasteiger partial charge in [-0.2, -0.15) is 0 Å². The summed E-state index contributed by atoms with van der Waals surface area (Å²) < 4.78 is 24.9. The van der Waals surface area contributed by atoms with E-state index in [0.29, 0.717) is 23.8 Å². The van der Waals surface area contributed by atoms with Crippen LogP contribution in [0.3, 0.4) is 0 Å². The van der Waals surface area contributed by atoms with Gasteiger partial charge in [0.1, 0.15) is 0 Å². The normalized spacial score (nSPS) is 16.7. The van der Waals surface area contributed by atoms with Crippen molar-refractivity contribution in [3.05, 3.63) is 59.1 Å². The average Bonchev–Trinajstić information content (AvgIpc) is 2.73. The molecule has 1 atom stereocenters. The average molecular weight is 465 g/mol. The quantitative estimate of drug-likeness (QED) is 0.496. The van der Waals surface area contributed by atoms with Gasteiger partial charge in [-0.15, -0.1) is 0 Å². The maximum atomic E-state index is 12.3. The zero-order chi connectivity index (χ0) is 22.3. The van der Waals surface area contributed by atoms with Gasteiger partial charge in [0.05, 0.1) is 6.26 Å². The molecule has 0 aromatic heterocycles. The molecule has 2 aromatic carbocycles. The van der Waals surface area contributed by atoms with Crippen LogP contribution in [0.25, 0.3) is 0 Å². The summed E-state index contributed by atoms with van der Waals surface area (Å²) in [7, 11) is -3.33. The van der Waals surface area contributed by atoms with Gasteiger partial charge in [0, 0.05) is 54.2 Å². The molecule has 0 saturated carbocycles. The summed E-state index contributed by atoms with van der Waals surface area (Å²) in [6.07, 6.45) is 4.04. The van der Waals surface area contributed by atoms with E-state index in [1.165, 1.54) is 0 Å². The summed E-state index contributed by atoms with van der Waals surface area (Å²) in [5, 5.41) is 7.25. The Balaban J connectivity index is 1.36. The number of hydrogen-bond acceptors (Lipinski definition) is 5. The lowest BCUT2D eigenvalue weighted by molar-refractivity contribution is 0.0953. The van der Waals surface area contributed by atoms with Crippen molar-refractivity contribution in [1.82, 2.24) is 10.6 Å². The summed E-state index contributed by atoms with van der Waals surface area (Å²) in [5.74, 6) is -0.158. The van der Waals surface area contributed by atoms with E-state index in [1.807, 2.05) is 18.2 Å². The number of piperazine rings is 1. The van der Waals surface area contributed by atoms with Gasteiger partial charge in [-0.25, -0.2) is 8.42 Å². The first-order valence-electron chi connectivity index (χ1n) is 10.4. The number of carbonyl (C=O) groups excluding carboxylic acids is 1. The molecule has 1 aliphatic rings. The van der Waals surface area contributed by atoms with Gasteiger partial charge in [-0.3, -0.25) is 9.52 Å². The summed E-state index contributed by atoms with van der Waals surface area (Å²) in [6.45, 7) is 3.46. The van der Waals surface area contributed by atoms with Crippen LogP contribution in [0, 0.1) is 0 Å². The molecule has 3 rings (SSSR count). The number of amides is 1. The number of halogens is 1. The van der Waals surface area contributed by atoms with Crippen molar-refractivity contribution in [2.24, 2.45) is 0 Å². The molecular formula is C22H29ClN4O3S. The first-order valence-corrected chi connectivity index (χ1v) is 12.7. The van der Waals surface area contributed by atoms with Gasteiger partial charge in [0.25, 0.3) is 5.91 Å². The molecule has 0 bridgehead atoms. The third-order valence-corrected chi connectivity index (χ3v) is 5.99. The topological polar surface area (TPSA) is 90.5 Å². The second-order valence-corrected chi connectivity index (χ2v) is 9.97. The van der Waals surface area contributed by atoms with Gasteiger partial charge in [-0.05, 0) is 55.3 Å². The molecule has 7 nitrogen and oxygen atoms in total. The lowest BCUT2D eigenvalue weighted by Gasteiger charge is -2.35. The highest BCUT2D eigenvalue weighted by atomic mass is 35.5. The first-order chi connectivity index (χ1) is 14.8. The van der Waals surface area contributed by atoms with Crippen LogP contribution < -0.4 is 20.3 Å². The SMILES string of the molecule is CS(=O)(=O)Nc1ccc(C(=O)NCCCCC2CN(c3cccc(Cl)c3)CCN2)cc1. The molecule has 2 aromatic rings. The Morgan fingerprint density at radius 3 is 2.68 bits per heavy atom. The van der Waals surface area contributed by atoms with Crippen molar-refractivity contribution < 1.29 is 13.2 Å². The zero-order valence-corrected chi connectivity index (χ0v) is 19.2. The minimum absolute atomic E-state index is 0.158. The van der Waals surface area contributed by atoms with E-state index in [2.05, 4.69) is 26.3 Å². The number of carbonyl (C=O) groups is 1. The minimum Gasteiger partial charge on any atom is -0.369 e. The van der Waals surface area contributed by atoms with Crippen LogP contribution in [-0.2, 0) is 10.0 Å². The fraction of sp³-hybridized carbons (Fsp3) is 0.409. The lowest BCUT2D eigenvalue weighted by Crippen LogP contribution is -2.50. The number of rotatable bonds is 9. The molecular weight excluding hydrogens is 436 g/mol. The molecule has 1 heterocycles. The highest BCUT2D eigenvalue weighted by molar-refractivity contribution is 7.92. The highest BCUT2D eigenvalue weighted by Crippen LogP contribution is 2.21. The maximum absolute atomic E-state index is 12.3. The van der Waals surface area contributed by atoms with E-state index in [4.69, 9.17) is 11.6 Å². The van der Waals surface area contributed by atoms with Crippen molar-refractivity contribution in [1.29, 1.82) is 0 Å². The number of sulfonamides is 1. The predicted octanol–water partition coefficient (Wildman–Crippen LogP) is 3.09. The Kier molecular flexibility index (Phi) is 8.17. The smallest absolute Gasteiger partial charge is 0.251 e. The van der Waals surface area contributed by atoms with Crippen molar-refractivity contribution in [2.75, 3.05) is 42.1 Å². The van der Waals surface area contributed by atoms with Crippen LogP contribution >= 0.6 is 11.6 Å². The van der Waals surface area contributed by atoms with E-state index in [9.17, 15) is 13.2 Å². The summed E-state index contributed by atoms with van der Waals surface area (Å²) in [5.41, 5.74) is 2.10. The summed E-state index contributed by atoms with van der Waals surface area (Å²) in [6, 6.07) is 14.8. The Bertz CT molecular complexity index is 983. The van der Waals surface area contributed by atoms with Crippen molar-refractivity contribution in [3.63, 3.8) is 0 Å². The number of nitrogens with zero attached hydrogens (tertiary/aromatic N) is 1. The van der Waals surface area contributed by atoms with Crippen LogP contribution in [0.15, 0.2) is 48.5 Å². The van der Waals surface area contributed by atoms with Crippen LogP contribution in [0.5, 0.6) is 0 Å². The second-order valence-electron chi connectivity index (χ2n) is 7.78. The molecule has 1 saturated heterocycles. The lowest BCUT2D eigenvalue weighted by atomic mass is 10.1. The number of benzene rings is 2. The molecule has 0 spiro atoms. The zero-order valence-electron chi connectivity index (χ0n) is 17.6. The monoisotopic (exact) mass is 464 g/mol. The molecule has 1 amide bonds. The standard InChI is InChI=1S/C22H29ClN4O3S/c1-31(29,30)26-19-10-8-17(9-11-19)22(28)25-12-3-2-6-20-16-27(14-13-24-20)21-7-4-5-18(23)15-21/h4-5,7-11,15,20,24,26H,2-3,6,12-14,16H2,1H3,(H,25,28). The number of hydrogen-bond donors (Lipinski definition) is 3. The Labute approximate surface area is 189 Å². The van der Waals surface area contributed by atoms with Crippen LogP contribution in [0.4, 0.5) is 11.4 Å². The fourth-order valence-corrected chi connectivity index (χ4v) is 4.40. The van der Waals surface area contributed by atoms with Gasteiger partial charge in [-0.1, -0.05) is 24.1 Å². The van der Waals surface area contributed by atoms with Crippen LogP contribution in [-0.4, -0.2) is 52.8 Å². The number of nitrogens with one attached hydrogen (secondary N) is 3. The fourth-order valence-electron chi connectivity index (χ4n) is 3.65. The van der Waals surface area contributed by atoms with E-state index in [1.54, 1.807) is 24.3 Å². The van der Waals surface area contributed by atoms with Crippen molar-refractivity contribution in [2.45, 2.75) is 25.3 Å². The van der Waals surface area contributed by atoms with E-state index >= 15 is 0 Å². The highest BCUT2D eigenvalue weighted by Gasteiger charge is 2.19. The molecule has 1 aliphatic heterocycles. The van der Waals surface area contributed by atoms with E-state index < -0.39 is 10.0 Å².